The van der Waals surface area contributed by atoms with Gasteiger partial charge in [-0.2, -0.15) is 0 Å². The van der Waals surface area contributed by atoms with E-state index in [1.165, 1.54) is 6.07 Å². The molecule has 7 N–H and O–H groups in total. The summed E-state index contributed by atoms with van der Waals surface area (Å²) in [5.41, 5.74) is 14.0. The van der Waals surface area contributed by atoms with E-state index in [9.17, 15) is 14.0 Å². The summed E-state index contributed by atoms with van der Waals surface area (Å²) in [6.07, 6.45) is 8.20. The molecule has 1 amide bonds. The summed E-state index contributed by atoms with van der Waals surface area (Å²) >= 11 is 0. The van der Waals surface area contributed by atoms with Gasteiger partial charge in [0.2, 0.25) is 5.91 Å². The van der Waals surface area contributed by atoms with Gasteiger partial charge >= 0.3 is 0 Å². The van der Waals surface area contributed by atoms with E-state index in [2.05, 4.69) is 20.8 Å². The number of benzene rings is 2. The molecule has 2 aromatic carbocycles. The minimum Gasteiger partial charge on any atom is -0.490 e. The van der Waals surface area contributed by atoms with Crippen LogP contribution >= 0.6 is 0 Å². The Morgan fingerprint density at radius 3 is 2.18 bits per heavy atom. The van der Waals surface area contributed by atoms with E-state index in [0.29, 0.717) is 34.4 Å². The van der Waals surface area contributed by atoms with Crippen molar-refractivity contribution >= 4 is 12.2 Å². The third-order valence-electron chi connectivity index (χ3n) is 6.25. The molecule has 2 aliphatic rings. The second kappa shape index (κ2) is 19.3. The van der Waals surface area contributed by atoms with Crippen LogP contribution in [0.1, 0.15) is 102 Å². The van der Waals surface area contributed by atoms with Gasteiger partial charge in [-0.1, -0.05) is 52.3 Å². The summed E-state index contributed by atoms with van der Waals surface area (Å²) in [7, 11) is 1.00. The molecule has 0 spiro atoms. The molecule has 0 saturated heterocycles. The first-order chi connectivity index (χ1) is 18.2. The minimum absolute atomic E-state index is 0. The highest BCUT2D eigenvalue weighted by Gasteiger charge is 2.30. The van der Waals surface area contributed by atoms with Crippen molar-refractivity contribution in [3.8, 4) is 16.9 Å². The quantitative estimate of drug-likeness (QED) is 0.373. The number of aliphatic hydroxyl groups is 1. The lowest BCUT2D eigenvalue weighted by Crippen LogP contribution is -2.20. The zero-order valence-corrected chi connectivity index (χ0v) is 24.2. The van der Waals surface area contributed by atoms with Crippen molar-refractivity contribution in [2.45, 2.75) is 97.1 Å². The molecule has 2 fully saturated rings. The number of primary amides is 1. The zero-order valence-electron chi connectivity index (χ0n) is 24.2. The molecule has 2 aliphatic carbocycles. The van der Waals surface area contributed by atoms with Gasteiger partial charge in [0.1, 0.15) is 24.0 Å². The number of hydrogen-bond donors (Lipinski definition) is 3. The maximum atomic E-state index is 14.8. The number of hydrogen-bond acceptors (Lipinski definition) is 5. The molecule has 0 aliphatic heterocycles. The first-order valence-corrected chi connectivity index (χ1v) is 13.7. The van der Waals surface area contributed by atoms with Gasteiger partial charge < -0.3 is 31.6 Å². The lowest BCUT2D eigenvalue weighted by molar-refractivity contribution is -0.107. The van der Waals surface area contributed by atoms with E-state index in [-0.39, 0.29) is 30.8 Å². The highest BCUT2D eigenvalue weighted by atomic mass is 19.1. The topological polar surface area (TPSA) is 147 Å². The number of nitrogens with two attached hydrogens (primary N) is 2. The van der Waals surface area contributed by atoms with E-state index in [4.69, 9.17) is 21.3 Å². The molecule has 2 saturated carbocycles. The smallest absolute Gasteiger partial charge is 0.249 e. The fraction of sp³-hybridized carbons (Fsp3) is 0.548. The summed E-state index contributed by atoms with van der Waals surface area (Å²) in [4.78, 5) is 21.5. The van der Waals surface area contributed by atoms with Gasteiger partial charge in [0, 0.05) is 26.6 Å². The lowest BCUT2D eigenvalue weighted by atomic mass is 9.76. The number of carbonyl (C=O) groups is 2. The Morgan fingerprint density at radius 2 is 1.74 bits per heavy atom. The van der Waals surface area contributed by atoms with Crippen LogP contribution in [0, 0.1) is 11.7 Å². The number of rotatable bonds is 7. The van der Waals surface area contributed by atoms with E-state index in [1.54, 1.807) is 18.2 Å². The average Bonchev–Trinajstić information content (AvgIpc) is 3.25. The second-order valence-electron chi connectivity index (χ2n) is 10.4. The van der Waals surface area contributed by atoms with E-state index in [0.717, 1.165) is 64.3 Å². The monoisotopic (exact) mass is 550 g/mol. The molecule has 8 heteroatoms. The van der Waals surface area contributed by atoms with Crippen molar-refractivity contribution in [3.05, 3.63) is 53.3 Å². The lowest BCUT2D eigenvalue weighted by Gasteiger charge is -2.29. The third-order valence-corrected chi connectivity index (χ3v) is 6.25. The summed E-state index contributed by atoms with van der Waals surface area (Å²) in [5, 5.41) is 7.00. The van der Waals surface area contributed by atoms with Crippen molar-refractivity contribution in [3.63, 3.8) is 0 Å². The van der Waals surface area contributed by atoms with Crippen molar-refractivity contribution < 1.29 is 30.7 Å². The van der Waals surface area contributed by atoms with Gasteiger partial charge in [0.15, 0.2) is 0 Å². The highest BCUT2D eigenvalue weighted by Crippen LogP contribution is 2.45. The summed E-state index contributed by atoms with van der Waals surface area (Å²) in [6, 6.07) is 10.4. The van der Waals surface area contributed by atoms with Crippen molar-refractivity contribution in [2.24, 2.45) is 17.4 Å². The Balaban J connectivity index is 0. The van der Waals surface area contributed by atoms with E-state index < -0.39 is 5.91 Å². The van der Waals surface area contributed by atoms with E-state index >= 15 is 0 Å². The zero-order chi connectivity index (χ0) is 28.7. The maximum Gasteiger partial charge on any atom is 0.249 e. The fourth-order valence-electron chi connectivity index (χ4n) is 4.36. The van der Waals surface area contributed by atoms with Crippen LogP contribution < -0.4 is 16.2 Å². The molecule has 7 nitrogen and oxygen atoms in total. The summed E-state index contributed by atoms with van der Waals surface area (Å²) in [5.74, 6) is 0.819. The van der Waals surface area contributed by atoms with Gasteiger partial charge in [0.25, 0.3) is 0 Å². The molecule has 2 aromatic rings. The second-order valence-corrected chi connectivity index (χ2v) is 10.4. The van der Waals surface area contributed by atoms with Crippen molar-refractivity contribution in [1.82, 2.24) is 0 Å². The predicted octanol–water partition coefficient (Wildman–Crippen LogP) is 5.80. The Kier molecular flexibility index (Phi) is 17.9. The number of unbranched alkanes of at least 4 members (excludes halogenated alkanes) is 1. The minimum atomic E-state index is -0.539. The number of ether oxygens (including phenoxy) is 1. The highest BCUT2D eigenvalue weighted by molar-refractivity contribution is 6.02. The van der Waals surface area contributed by atoms with Gasteiger partial charge in [0.05, 0.1) is 5.56 Å². The van der Waals surface area contributed by atoms with Crippen molar-refractivity contribution in [2.75, 3.05) is 7.11 Å². The maximum absolute atomic E-state index is 14.8. The molecule has 0 unspecified atom stereocenters. The SMILES string of the molecule is CC(C)C.CCCC=O.CO.NC(=O)c1cccc(O[C@@H]2CC[C@@H](N)C2)c1-c1cccc(F)c1C1CCC1.O.[HH]. The number of aliphatic hydroxyl groups excluding tert-OH is 1. The summed E-state index contributed by atoms with van der Waals surface area (Å²) in [6.45, 7) is 8.48. The van der Waals surface area contributed by atoms with Gasteiger partial charge in [-0.15, -0.1) is 0 Å². The normalized spacial score (nSPS) is 17.6. The first-order valence-electron chi connectivity index (χ1n) is 13.7. The van der Waals surface area contributed by atoms with Crippen LogP contribution in [0.5, 0.6) is 5.75 Å². The summed E-state index contributed by atoms with van der Waals surface area (Å²) < 4.78 is 21.0. The number of halogens is 1. The molecular weight excluding hydrogens is 499 g/mol. The Labute approximate surface area is 234 Å². The number of amides is 1. The van der Waals surface area contributed by atoms with Crippen LogP contribution in [0.15, 0.2) is 36.4 Å². The van der Waals surface area contributed by atoms with Gasteiger partial charge in [-0.05, 0) is 79.7 Å². The first kappa shape index (κ1) is 36.2. The van der Waals surface area contributed by atoms with Crippen LogP contribution in [0.4, 0.5) is 4.39 Å². The molecule has 4 rings (SSSR count). The molecule has 2 atom stereocenters. The van der Waals surface area contributed by atoms with Crippen molar-refractivity contribution in [1.29, 1.82) is 0 Å². The molecule has 222 valence electrons. The van der Waals surface area contributed by atoms with Crippen LogP contribution in [0.25, 0.3) is 11.1 Å². The Hall–Kier alpha value is -2.81. The molecule has 0 aromatic heterocycles. The average molecular weight is 551 g/mol. The largest absolute Gasteiger partial charge is 0.490 e. The van der Waals surface area contributed by atoms with Gasteiger partial charge in [-0.3, -0.25) is 4.79 Å². The number of carbonyl (C=O) groups excluding carboxylic acids is 2. The molecule has 0 bridgehead atoms. The molecule has 0 radical (unpaired) electrons. The third kappa shape index (κ3) is 11.4. The van der Waals surface area contributed by atoms with Crippen LogP contribution in [-0.2, 0) is 4.79 Å². The number of aldehydes is 1. The standard InChI is InChI=1S/C22H25FN2O2.C4H8O.C4H10.CH4O.H2O.H2/c23-18-8-2-6-16(20(18)13-4-1-5-13)21-17(22(25)26)7-3-9-19(21)27-15-11-10-14(24)12-15;1-2-3-4-5;1-4(2)3;1-2;;/h2-3,6-9,13-15H,1,4-5,10-12,24H2,(H2,25,26);4H,2-3H2,1H3;4H,1-3H3;2H,1H3;1H2;1H/t14-,15-;;;;;/m1...../s1. The van der Waals surface area contributed by atoms with E-state index in [1.807, 2.05) is 19.1 Å². The Bertz CT molecular complexity index is 999. The van der Waals surface area contributed by atoms with Crippen LogP contribution in [0.3, 0.4) is 0 Å². The molecular formula is C31H51FN2O5. The molecule has 39 heavy (non-hydrogen) atoms. The Morgan fingerprint density at radius 1 is 1.13 bits per heavy atom. The van der Waals surface area contributed by atoms with Crippen LogP contribution in [0.2, 0.25) is 0 Å². The van der Waals surface area contributed by atoms with Gasteiger partial charge in [-0.25, -0.2) is 4.39 Å². The molecule has 0 heterocycles. The van der Waals surface area contributed by atoms with Crippen LogP contribution in [-0.4, -0.2) is 42.0 Å². The predicted molar refractivity (Wildman–Crippen MR) is 159 cm³/mol. The fourth-order valence-corrected chi connectivity index (χ4v) is 4.36.